The maximum Gasteiger partial charge on any atom is 0 e. The van der Waals surface area contributed by atoms with E-state index in [0.717, 1.165) is 23.7 Å². The first-order valence-corrected chi connectivity index (χ1v) is 14.5. The molecule has 0 saturated heterocycles. The van der Waals surface area contributed by atoms with Crippen LogP contribution < -0.4 is 10.6 Å². The number of hydrogen-bond acceptors (Lipinski definition) is 0. The average Bonchev–Trinajstić information content (AvgIpc) is 3.26. The average molecular weight is 474 g/mol. The molecule has 172 valence electrons. The summed E-state index contributed by atoms with van der Waals surface area (Å²) in [5.41, 5.74) is 0. The van der Waals surface area contributed by atoms with Crippen molar-refractivity contribution in [3.63, 3.8) is 0 Å². The minimum absolute atomic E-state index is 0. The van der Waals surface area contributed by atoms with Gasteiger partial charge >= 0.3 is 0 Å². The van der Waals surface area contributed by atoms with Crippen LogP contribution in [0.2, 0.25) is 0 Å². The van der Waals surface area contributed by atoms with E-state index in [2.05, 4.69) is 104 Å². The summed E-state index contributed by atoms with van der Waals surface area (Å²) in [6.07, 6.45) is 5.55. The molecule has 2 aromatic carbocycles. The fraction of sp³-hybridized carbons (Fsp3) is 0.615. The summed E-state index contributed by atoms with van der Waals surface area (Å²) in [5, 5.41) is 3.20. The summed E-state index contributed by atoms with van der Waals surface area (Å²) in [6, 6.07) is 17.9. The van der Waals surface area contributed by atoms with Crippen molar-refractivity contribution in [1.82, 2.24) is 0 Å². The Hall–Kier alpha value is 0.0795. The van der Waals surface area contributed by atoms with Gasteiger partial charge < -0.3 is 37.5 Å². The summed E-state index contributed by atoms with van der Waals surface area (Å²) >= 11 is 0. The normalized spacial score (nSPS) is 11.5. The first-order chi connectivity index (χ1) is 13.2. The maximum absolute atomic E-state index is 2.33. The molecule has 3 heteroatoms. The first kappa shape index (κ1) is 29.1. The second-order valence-corrected chi connectivity index (χ2v) is 14.3. The van der Waals surface area contributed by atoms with Crippen LogP contribution in [-0.4, -0.2) is 24.6 Å². The molecule has 29 heavy (non-hydrogen) atoms. The van der Waals surface area contributed by atoms with Crippen LogP contribution in [0.1, 0.15) is 55.4 Å². The second kappa shape index (κ2) is 15.8. The fourth-order valence-corrected chi connectivity index (χ4v) is 9.34. The van der Waals surface area contributed by atoms with Gasteiger partial charge in [0, 0.05) is 17.1 Å². The maximum atomic E-state index is 2.33. The molecule has 0 aliphatic carbocycles. The van der Waals surface area contributed by atoms with E-state index in [1.807, 2.05) is 0 Å². The summed E-state index contributed by atoms with van der Waals surface area (Å²) in [6.45, 7) is 18.7. The van der Waals surface area contributed by atoms with E-state index in [0.29, 0.717) is 0 Å². The molecule has 0 heterocycles. The van der Waals surface area contributed by atoms with Gasteiger partial charge in [-0.1, -0.05) is 67.7 Å². The summed E-state index contributed by atoms with van der Waals surface area (Å²) in [7, 11) is 0.205. The van der Waals surface area contributed by atoms with Crippen LogP contribution in [0.25, 0.3) is 0 Å². The van der Waals surface area contributed by atoms with Crippen LogP contribution in [0.5, 0.6) is 0 Å². The molecule has 0 amide bonds. The topological polar surface area (TPSA) is 0 Å². The first-order valence-electron chi connectivity index (χ1n) is 11.1. The monoisotopic (exact) mass is 474 g/mol. The van der Waals surface area contributed by atoms with E-state index in [1.54, 1.807) is 10.6 Å². The van der Waals surface area contributed by atoms with Gasteiger partial charge in [0.1, 0.15) is 0 Å². The van der Waals surface area contributed by atoms with Crippen LogP contribution in [0, 0.1) is 23.7 Å². The molecule has 2 rings (SSSR count). The molecule has 0 aliphatic rings. The molecule has 0 spiro atoms. The van der Waals surface area contributed by atoms with E-state index < -0.39 is 0 Å². The Balaban J connectivity index is 0.000000523. The molecule has 0 atom stereocenters. The van der Waals surface area contributed by atoms with Crippen LogP contribution in [0.15, 0.2) is 48.5 Å². The molecular weight excluding hydrogens is 430 g/mol. The molecule has 0 saturated carbocycles. The van der Waals surface area contributed by atoms with Crippen LogP contribution in [0.4, 0.5) is 0 Å². The Morgan fingerprint density at radius 3 is 1.31 bits per heavy atom. The van der Waals surface area contributed by atoms with Crippen molar-refractivity contribution in [2.24, 2.45) is 23.7 Å². The molecule has 0 aromatic heterocycles. The fourth-order valence-electron chi connectivity index (χ4n) is 3.48. The minimum atomic E-state index is 0. The van der Waals surface area contributed by atoms with Gasteiger partial charge in [0.15, 0.2) is 0 Å². The SMILES string of the molecule is CC(C)CP(CC(C)C)[c-]1[cH-][cH-][cH-][cH-]1.CC(C)CP(CC(C)C)[c-]1cccc1.[Fe]. The van der Waals surface area contributed by atoms with Gasteiger partial charge in [-0.2, -0.15) is 12.1 Å². The molecule has 0 radical (unpaired) electrons. The van der Waals surface area contributed by atoms with Crippen molar-refractivity contribution in [2.75, 3.05) is 24.6 Å². The number of rotatable bonds is 10. The van der Waals surface area contributed by atoms with Gasteiger partial charge in [0.2, 0.25) is 0 Å². The van der Waals surface area contributed by atoms with Gasteiger partial charge in [-0.3, -0.25) is 0 Å². The van der Waals surface area contributed by atoms with Gasteiger partial charge in [0.05, 0.1) is 0 Å². The molecular formula is C26H44FeP2-6. The Kier molecular flexibility index (Phi) is 15.9. The Labute approximate surface area is 195 Å². The van der Waals surface area contributed by atoms with Crippen molar-refractivity contribution in [3.05, 3.63) is 48.5 Å². The molecule has 0 bridgehead atoms. The largest absolute Gasteiger partial charge is 0.747 e. The van der Waals surface area contributed by atoms with Crippen molar-refractivity contribution >= 4 is 26.5 Å². The Morgan fingerprint density at radius 1 is 0.621 bits per heavy atom. The standard InChI is InChI=1S/2C13H22P.Fe/c2*1-11(2)9-14(10-12(3)4)13-7-5-6-8-13;/h2*5-8,11-12H,9-10H2,1-4H3;/q-5;-1;. The Bertz CT molecular complexity index is 508. The Morgan fingerprint density at radius 2 is 0.966 bits per heavy atom. The zero-order valence-electron chi connectivity index (χ0n) is 20.0. The summed E-state index contributed by atoms with van der Waals surface area (Å²) in [5.74, 6) is 3.31. The molecule has 0 N–H and O–H groups in total. The molecule has 0 nitrogen and oxygen atoms in total. The summed E-state index contributed by atoms with van der Waals surface area (Å²) < 4.78 is 0. The number of hydrogen-bond donors (Lipinski definition) is 0. The smallest absolute Gasteiger partial charge is 0 e. The zero-order valence-corrected chi connectivity index (χ0v) is 22.9. The third-order valence-corrected chi connectivity index (χ3v) is 11.1. The van der Waals surface area contributed by atoms with Gasteiger partial charge in [-0.15, -0.1) is 13.2 Å². The molecule has 2 aromatic rings. The quantitative estimate of drug-likeness (QED) is 0.189. The van der Waals surface area contributed by atoms with Crippen LogP contribution in [-0.2, 0) is 17.1 Å². The molecule has 0 fully saturated rings. The predicted octanol–water partition coefficient (Wildman–Crippen LogP) is 7.65. The van der Waals surface area contributed by atoms with Crippen LogP contribution in [0.3, 0.4) is 0 Å². The van der Waals surface area contributed by atoms with E-state index in [9.17, 15) is 0 Å². The van der Waals surface area contributed by atoms with Crippen molar-refractivity contribution in [3.8, 4) is 0 Å². The van der Waals surface area contributed by atoms with Crippen molar-refractivity contribution < 1.29 is 17.1 Å². The second-order valence-electron chi connectivity index (χ2n) is 9.67. The van der Waals surface area contributed by atoms with Crippen molar-refractivity contribution in [1.29, 1.82) is 0 Å². The molecule has 0 unspecified atom stereocenters. The van der Waals surface area contributed by atoms with Gasteiger partial charge in [-0.05, 0) is 36.0 Å². The minimum Gasteiger partial charge on any atom is -0.747 e. The van der Waals surface area contributed by atoms with E-state index >= 15 is 0 Å². The van der Waals surface area contributed by atoms with E-state index in [-0.39, 0.29) is 32.9 Å². The third-order valence-electron chi connectivity index (χ3n) is 4.36. The van der Waals surface area contributed by atoms with Gasteiger partial charge in [-0.25, -0.2) is 12.1 Å². The summed E-state index contributed by atoms with van der Waals surface area (Å²) in [4.78, 5) is 0. The third kappa shape index (κ3) is 13.2. The van der Waals surface area contributed by atoms with Gasteiger partial charge in [0.25, 0.3) is 0 Å². The molecule has 0 aliphatic heterocycles. The van der Waals surface area contributed by atoms with Crippen LogP contribution >= 0.6 is 15.8 Å². The van der Waals surface area contributed by atoms with E-state index in [4.69, 9.17) is 0 Å². The predicted molar refractivity (Wildman–Crippen MR) is 136 cm³/mol. The zero-order chi connectivity index (χ0) is 21.1. The van der Waals surface area contributed by atoms with E-state index in [1.165, 1.54) is 24.6 Å². The van der Waals surface area contributed by atoms with Crippen molar-refractivity contribution in [2.45, 2.75) is 55.4 Å².